The highest BCUT2D eigenvalue weighted by Crippen LogP contribution is 2.32. The summed E-state index contributed by atoms with van der Waals surface area (Å²) in [7, 11) is 1.67. The van der Waals surface area contributed by atoms with E-state index in [1.165, 1.54) is 10.9 Å². The molecule has 1 aromatic heterocycles. The van der Waals surface area contributed by atoms with Crippen molar-refractivity contribution in [3.63, 3.8) is 0 Å². The number of ether oxygens (including phenoxy) is 1. The van der Waals surface area contributed by atoms with Gasteiger partial charge >= 0.3 is 0 Å². The van der Waals surface area contributed by atoms with Crippen LogP contribution in [0.2, 0.25) is 0 Å². The fourth-order valence-corrected chi connectivity index (χ4v) is 1.98. The van der Waals surface area contributed by atoms with E-state index in [2.05, 4.69) is 13.0 Å². The molecule has 0 fully saturated rings. The number of fused-ring (bicyclic) bond motifs is 1. The lowest BCUT2D eigenvalue weighted by molar-refractivity contribution is 0.408. The van der Waals surface area contributed by atoms with Crippen molar-refractivity contribution >= 4 is 11.0 Å². The van der Waals surface area contributed by atoms with Crippen LogP contribution in [0.5, 0.6) is 5.75 Å². The lowest BCUT2D eigenvalue weighted by Gasteiger charge is -1.99. The van der Waals surface area contributed by atoms with E-state index >= 15 is 0 Å². The summed E-state index contributed by atoms with van der Waals surface area (Å²) in [6, 6.07) is 6.04. The summed E-state index contributed by atoms with van der Waals surface area (Å²) in [6.07, 6.45) is 2.19. The Morgan fingerprint density at radius 3 is 2.80 bits per heavy atom. The normalized spacial score (nSPS) is 10.9. The van der Waals surface area contributed by atoms with Crippen LogP contribution in [0.4, 0.5) is 0 Å². The van der Waals surface area contributed by atoms with Crippen LogP contribution in [0.25, 0.3) is 11.0 Å². The van der Waals surface area contributed by atoms with E-state index in [9.17, 15) is 0 Å². The lowest BCUT2D eigenvalue weighted by atomic mass is 10.1. The van der Waals surface area contributed by atoms with E-state index in [1.54, 1.807) is 7.11 Å². The molecule has 15 heavy (non-hydrogen) atoms. The average Bonchev–Trinajstić information content (AvgIpc) is 2.56. The Morgan fingerprint density at radius 1 is 1.33 bits per heavy atom. The van der Waals surface area contributed by atoms with Crippen molar-refractivity contribution in [2.45, 2.75) is 26.7 Å². The number of hydrogen-bond acceptors (Lipinski definition) is 2. The van der Waals surface area contributed by atoms with E-state index in [0.717, 1.165) is 29.9 Å². The summed E-state index contributed by atoms with van der Waals surface area (Å²) >= 11 is 0. The molecule has 2 nitrogen and oxygen atoms in total. The van der Waals surface area contributed by atoms with Crippen LogP contribution < -0.4 is 4.74 Å². The third kappa shape index (κ3) is 1.60. The molecule has 0 aliphatic carbocycles. The van der Waals surface area contributed by atoms with Gasteiger partial charge in [-0.1, -0.05) is 25.5 Å². The minimum atomic E-state index is 0.818. The van der Waals surface area contributed by atoms with Crippen molar-refractivity contribution in [2.24, 2.45) is 0 Å². The quantitative estimate of drug-likeness (QED) is 0.760. The van der Waals surface area contributed by atoms with Crippen molar-refractivity contribution in [1.29, 1.82) is 0 Å². The summed E-state index contributed by atoms with van der Waals surface area (Å²) in [6.45, 7) is 4.20. The maximum Gasteiger partial charge on any atom is 0.176 e. The van der Waals surface area contributed by atoms with E-state index in [0.29, 0.717) is 0 Å². The Bertz CT molecular complexity index is 469. The summed E-state index contributed by atoms with van der Waals surface area (Å²) in [4.78, 5) is 0. The molecule has 2 heteroatoms. The molecule has 0 amide bonds. The van der Waals surface area contributed by atoms with Crippen molar-refractivity contribution in [2.75, 3.05) is 7.11 Å². The highest BCUT2D eigenvalue weighted by Gasteiger charge is 2.12. The van der Waals surface area contributed by atoms with E-state index in [1.807, 2.05) is 19.1 Å². The van der Waals surface area contributed by atoms with Crippen molar-refractivity contribution in [3.05, 3.63) is 29.5 Å². The molecule has 1 heterocycles. The second-order valence-corrected chi connectivity index (χ2v) is 3.72. The van der Waals surface area contributed by atoms with Gasteiger partial charge < -0.3 is 9.15 Å². The number of rotatable bonds is 3. The Labute approximate surface area is 89.8 Å². The van der Waals surface area contributed by atoms with Gasteiger partial charge in [0.15, 0.2) is 11.3 Å². The first-order valence-corrected chi connectivity index (χ1v) is 5.33. The minimum Gasteiger partial charge on any atom is -0.493 e. The van der Waals surface area contributed by atoms with Crippen LogP contribution in [0.15, 0.2) is 22.6 Å². The summed E-state index contributed by atoms with van der Waals surface area (Å²) < 4.78 is 11.0. The first kappa shape index (κ1) is 10.1. The highest BCUT2D eigenvalue weighted by molar-refractivity contribution is 5.87. The van der Waals surface area contributed by atoms with Crippen molar-refractivity contribution in [3.8, 4) is 5.75 Å². The molecule has 1 aromatic carbocycles. The van der Waals surface area contributed by atoms with Crippen molar-refractivity contribution in [1.82, 2.24) is 0 Å². The molecule has 0 bridgehead atoms. The molecule has 0 aliphatic heterocycles. The Balaban J connectivity index is 2.67. The third-order valence-electron chi connectivity index (χ3n) is 2.70. The Kier molecular flexibility index (Phi) is 2.67. The maximum atomic E-state index is 5.75. The fourth-order valence-electron chi connectivity index (χ4n) is 1.98. The molecule has 0 N–H and O–H groups in total. The summed E-state index contributed by atoms with van der Waals surface area (Å²) in [5.41, 5.74) is 2.19. The first-order chi connectivity index (χ1) is 7.27. The van der Waals surface area contributed by atoms with Gasteiger partial charge in [0.25, 0.3) is 0 Å². The van der Waals surface area contributed by atoms with Gasteiger partial charge in [0, 0.05) is 10.9 Å². The van der Waals surface area contributed by atoms with E-state index in [-0.39, 0.29) is 0 Å². The lowest BCUT2D eigenvalue weighted by Crippen LogP contribution is -1.84. The van der Waals surface area contributed by atoms with Crippen LogP contribution in [0, 0.1) is 6.92 Å². The predicted octanol–water partition coefficient (Wildman–Crippen LogP) is 3.70. The largest absolute Gasteiger partial charge is 0.493 e. The van der Waals surface area contributed by atoms with Crippen LogP contribution in [0.1, 0.15) is 24.7 Å². The maximum absolute atomic E-state index is 5.75. The molecule has 2 aromatic rings. The Hall–Kier alpha value is -1.44. The van der Waals surface area contributed by atoms with Gasteiger partial charge in [-0.2, -0.15) is 0 Å². The molecule has 0 radical (unpaired) electrons. The van der Waals surface area contributed by atoms with Gasteiger partial charge in [0.2, 0.25) is 0 Å². The number of methoxy groups -OCH3 is 1. The van der Waals surface area contributed by atoms with Crippen LogP contribution >= 0.6 is 0 Å². The van der Waals surface area contributed by atoms with Gasteiger partial charge in [-0.25, -0.2) is 0 Å². The second kappa shape index (κ2) is 3.97. The standard InChI is InChI=1S/C13H16O2/c1-4-6-10-9(2)15-13-11(10)7-5-8-12(13)14-3/h5,7-8H,4,6H2,1-3H3. The fraction of sp³-hybridized carbons (Fsp3) is 0.385. The number of benzene rings is 1. The van der Waals surface area contributed by atoms with Crippen LogP contribution in [-0.4, -0.2) is 7.11 Å². The zero-order valence-corrected chi connectivity index (χ0v) is 9.46. The topological polar surface area (TPSA) is 22.4 Å². The summed E-state index contributed by atoms with van der Waals surface area (Å²) in [5.74, 6) is 1.83. The van der Waals surface area contributed by atoms with Gasteiger partial charge in [-0.3, -0.25) is 0 Å². The smallest absolute Gasteiger partial charge is 0.176 e. The monoisotopic (exact) mass is 204 g/mol. The molecule has 0 saturated carbocycles. The van der Waals surface area contributed by atoms with Crippen molar-refractivity contribution < 1.29 is 9.15 Å². The van der Waals surface area contributed by atoms with Crippen LogP contribution in [-0.2, 0) is 6.42 Å². The van der Waals surface area contributed by atoms with Gasteiger partial charge in [-0.05, 0) is 19.4 Å². The van der Waals surface area contributed by atoms with E-state index in [4.69, 9.17) is 9.15 Å². The predicted molar refractivity (Wildman–Crippen MR) is 61.5 cm³/mol. The van der Waals surface area contributed by atoms with Gasteiger partial charge in [0.05, 0.1) is 7.11 Å². The molecule has 0 atom stereocenters. The number of furan rings is 1. The van der Waals surface area contributed by atoms with Crippen LogP contribution in [0.3, 0.4) is 0 Å². The highest BCUT2D eigenvalue weighted by atomic mass is 16.5. The van der Waals surface area contributed by atoms with Gasteiger partial charge in [-0.15, -0.1) is 0 Å². The molecular weight excluding hydrogens is 188 g/mol. The zero-order valence-electron chi connectivity index (χ0n) is 9.46. The number of aryl methyl sites for hydroxylation is 2. The third-order valence-corrected chi connectivity index (χ3v) is 2.70. The molecular formula is C13H16O2. The SMILES string of the molecule is CCCc1c(C)oc2c(OC)cccc12. The minimum absolute atomic E-state index is 0.818. The molecule has 0 unspecified atom stereocenters. The molecule has 0 spiro atoms. The molecule has 0 saturated heterocycles. The molecule has 0 aliphatic rings. The second-order valence-electron chi connectivity index (χ2n) is 3.72. The van der Waals surface area contributed by atoms with E-state index < -0.39 is 0 Å². The molecule has 2 rings (SSSR count). The number of para-hydroxylation sites is 1. The average molecular weight is 204 g/mol. The first-order valence-electron chi connectivity index (χ1n) is 5.33. The van der Waals surface area contributed by atoms with Gasteiger partial charge in [0.1, 0.15) is 5.76 Å². The molecule has 80 valence electrons. The number of hydrogen-bond donors (Lipinski definition) is 0. The Morgan fingerprint density at radius 2 is 2.13 bits per heavy atom. The summed E-state index contributed by atoms with van der Waals surface area (Å²) in [5, 5.41) is 1.19. The zero-order chi connectivity index (χ0) is 10.8.